The van der Waals surface area contributed by atoms with Gasteiger partial charge >= 0.3 is 5.97 Å². The fourth-order valence-corrected chi connectivity index (χ4v) is 1.61. The normalized spacial score (nSPS) is 10.5. The van der Waals surface area contributed by atoms with Gasteiger partial charge in [-0.25, -0.2) is 4.98 Å². The molecule has 0 spiro atoms. The number of imidazole rings is 1. The second kappa shape index (κ2) is 7.84. The second-order valence-electron chi connectivity index (χ2n) is 3.92. The Morgan fingerprint density at radius 2 is 2.29 bits per heavy atom. The first-order valence-corrected chi connectivity index (χ1v) is 6.12. The molecule has 0 bridgehead atoms. The number of carbonyl (C=O) groups excluding carboxylic acids is 1. The average molecular weight is 239 g/mol. The minimum Gasteiger partial charge on any atom is -0.466 e. The van der Waals surface area contributed by atoms with Crippen molar-refractivity contribution in [2.45, 2.75) is 45.7 Å². The van der Waals surface area contributed by atoms with Gasteiger partial charge in [0.1, 0.15) is 0 Å². The molecule has 1 heterocycles. The molecule has 0 fully saturated rings. The highest BCUT2D eigenvalue weighted by molar-refractivity contribution is 5.69. The van der Waals surface area contributed by atoms with E-state index in [1.165, 1.54) is 0 Å². The Kier molecular flexibility index (Phi) is 6.32. The summed E-state index contributed by atoms with van der Waals surface area (Å²) in [6.07, 6.45) is 7.23. The van der Waals surface area contributed by atoms with E-state index in [-0.39, 0.29) is 5.97 Å². The van der Waals surface area contributed by atoms with Gasteiger partial charge in [-0.1, -0.05) is 6.42 Å². The molecule has 2 N–H and O–H groups in total. The summed E-state index contributed by atoms with van der Waals surface area (Å²) in [6, 6.07) is 0. The van der Waals surface area contributed by atoms with Crippen LogP contribution in [0.2, 0.25) is 0 Å². The van der Waals surface area contributed by atoms with Crippen LogP contribution in [0.3, 0.4) is 0 Å². The molecule has 1 aromatic rings. The van der Waals surface area contributed by atoms with Gasteiger partial charge in [0, 0.05) is 25.7 Å². The van der Waals surface area contributed by atoms with Gasteiger partial charge in [0.25, 0.3) is 0 Å². The smallest absolute Gasteiger partial charge is 0.305 e. The van der Waals surface area contributed by atoms with Crippen LogP contribution in [-0.2, 0) is 22.6 Å². The lowest BCUT2D eigenvalue weighted by Gasteiger charge is -2.03. The molecule has 0 aliphatic heterocycles. The van der Waals surface area contributed by atoms with Crippen LogP contribution < -0.4 is 5.73 Å². The van der Waals surface area contributed by atoms with E-state index in [2.05, 4.69) is 4.98 Å². The van der Waals surface area contributed by atoms with Crippen molar-refractivity contribution in [2.24, 2.45) is 5.73 Å². The van der Waals surface area contributed by atoms with E-state index in [0.29, 0.717) is 19.6 Å². The third kappa shape index (κ3) is 5.49. The van der Waals surface area contributed by atoms with Gasteiger partial charge in [-0.15, -0.1) is 0 Å². The van der Waals surface area contributed by atoms with Gasteiger partial charge in [-0.05, 0) is 19.8 Å². The van der Waals surface area contributed by atoms with E-state index in [0.717, 1.165) is 31.5 Å². The molecule has 0 saturated heterocycles. The van der Waals surface area contributed by atoms with Crippen LogP contribution in [0.1, 0.15) is 38.3 Å². The maximum Gasteiger partial charge on any atom is 0.305 e. The summed E-state index contributed by atoms with van der Waals surface area (Å²) in [5.41, 5.74) is 6.39. The van der Waals surface area contributed by atoms with Gasteiger partial charge in [0.05, 0.1) is 18.6 Å². The zero-order valence-corrected chi connectivity index (χ0v) is 10.4. The maximum atomic E-state index is 11.1. The average Bonchev–Trinajstić information content (AvgIpc) is 2.77. The number of esters is 1. The predicted molar refractivity (Wildman–Crippen MR) is 65.2 cm³/mol. The number of hydrogen-bond donors (Lipinski definition) is 1. The summed E-state index contributed by atoms with van der Waals surface area (Å²) in [4.78, 5) is 15.2. The summed E-state index contributed by atoms with van der Waals surface area (Å²) >= 11 is 0. The van der Waals surface area contributed by atoms with E-state index in [1.807, 2.05) is 17.7 Å². The summed E-state index contributed by atoms with van der Waals surface area (Å²) in [5, 5.41) is 0. The molecule has 0 radical (unpaired) electrons. The molecule has 0 aliphatic rings. The molecule has 5 nitrogen and oxygen atoms in total. The Morgan fingerprint density at radius 3 is 2.94 bits per heavy atom. The van der Waals surface area contributed by atoms with Crippen LogP contribution in [0.5, 0.6) is 0 Å². The second-order valence-corrected chi connectivity index (χ2v) is 3.92. The third-order valence-corrected chi connectivity index (χ3v) is 2.50. The minimum atomic E-state index is -0.0967. The van der Waals surface area contributed by atoms with Crippen molar-refractivity contribution in [3.63, 3.8) is 0 Å². The quantitative estimate of drug-likeness (QED) is 0.551. The van der Waals surface area contributed by atoms with Gasteiger partial charge < -0.3 is 15.0 Å². The van der Waals surface area contributed by atoms with Crippen molar-refractivity contribution >= 4 is 5.97 Å². The molecule has 5 heteroatoms. The highest BCUT2D eigenvalue weighted by Gasteiger charge is 2.01. The number of nitrogens with zero attached hydrogens (tertiary/aromatic N) is 2. The van der Waals surface area contributed by atoms with E-state index in [4.69, 9.17) is 10.5 Å². The van der Waals surface area contributed by atoms with E-state index >= 15 is 0 Å². The summed E-state index contributed by atoms with van der Waals surface area (Å²) in [6.45, 7) is 3.70. The highest BCUT2D eigenvalue weighted by Crippen LogP contribution is 2.04. The number of aromatic nitrogens is 2. The molecule has 17 heavy (non-hydrogen) atoms. The van der Waals surface area contributed by atoms with E-state index in [9.17, 15) is 4.79 Å². The number of nitrogens with two attached hydrogens (primary N) is 1. The van der Waals surface area contributed by atoms with Gasteiger partial charge in [0.2, 0.25) is 0 Å². The molecule has 1 aromatic heterocycles. The SMILES string of the molecule is CCOC(=O)CCCCCn1cnc(CN)c1. The molecule has 96 valence electrons. The summed E-state index contributed by atoms with van der Waals surface area (Å²) in [5.74, 6) is -0.0967. The largest absolute Gasteiger partial charge is 0.466 e. The minimum absolute atomic E-state index is 0.0967. The van der Waals surface area contributed by atoms with Crippen LogP contribution in [0.25, 0.3) is 0 Å². The topological polar surface area (TPSA) is 70.1 Å². The summed E-state index contributed by atoms with van der Waals surface area (Å²) < 4.78 is 6.89. The molecular formula is C12H21N3O2. The van der Waals surface area contributed by atoms with Crippen molar-refractivity contribution in [1.29, 1.82) is 0 Å². The van der Waals surface area contributed by atoms with Gasteiger partial charge in [-0.2, -0.15) is 0 Å². The van der Waals surface area contributed by atoms with Crippen LogP contribution in [0, 0.1) is 0 Å². The lowest BCUT2D eigenvalue weighted by atomic mass is 10.2. The van der Waals surface area contributed by atoms with Crippen LogP contribution in [-0.4, -0.2) is 22.1 Å². The molecular weight excluding hydrogens is 218 g/mol. The number of hydrogen-bond acceptors (Lipinski definition) is 4. The fraction of sp³-hybridized carbons (Fsp3) is 0.667. The molecule has 0 aliphatic carbocycles. The molecule has 0 amide bonds. The molecule has 0 saturated carbocycles. The van der Waals surface area contributed by atoms with Crippen molar-refractivity contribution < 1.29 is 9.53 Å². The van der Waals surface area contributed by atoms with E-state index in [1.54, 1.807) is 6.33 Å². The van der Waals surface area contributed by atoms with Crippen molar-refractivity contribution in [3.05, 3.63) is 18.2 Å². The Hall–Kier alpha value is -1.36. The van der Waals surface area contributed by atoms with Crippen molar-refractivity contribution in [1.82, 2.24) is 9.55 Å². The Balaban J connectivity index is 2.06. The summed E-state index contributed by atoms with van der Waals surface area (Å²) in [7, 11) is 0. The molecule has 0 unspecified atom stereocenters. The monoisotopic (exact) mass is 239 g/mol. The Labute approximate surface area is 102 Å². The standard InChI is InChI=1S/C12H21N3O2/c1-2-17-12(16)6-4-3-5-7-15-9-11(8-13)14-10-15/h9-10H,2-8,13H2,1H3. The number of ether oxygens (including phenoxy) is 1. The zero-order chi connectivity index (χ0) is 12.5. The first-order chi connectivity index (χ1) is 8.26. The molecule has 1 rings (SSSR count). The van der Waals surface area contributed by atoms with Gasteiger partial charge in [0.15, 0.2) is 0 Å². The van der Waals surface area contributed by atoms with Crippen molar-refractivity contribution in [3.8, 4) is 0 Å². The lowest BCUT2D eigenvalue weighted by Crippen LogP contribution is -2.03. The maximum absolute atomic E-state index is 11.1. The first kappa shape index (κ1) is 13.7. The molecule has 0 atom stereocenters. The zero-order valence-electron chi connectivity index (χ0n) is 10.4. The van der Waals surface area contributed by atoms with Crippen LogP contribution >= 0.6 is 0 Å². The number of rotatable bonds is 8. The Bertz CT molecular complexity index is 336. The number of carbonyl (C=O) groups is 1. The van der Waals surface area contributed by atoms with E-state index < -0.39 is 0 Å². The van der Waals surface area contributed by atoms with Crippen molar-refractivity contribution in [2.75, 3.05) is 6.61 Å². The van der Waals surface area contributed by atoms with Gasteiger partial charge in [-0.3, -0.25) is 4.79 Å². The predicted octanol–water partition coefficient (Wildman–Crippen LogP) is 1.47. The van der Waals surface area contributed by atoms with Crippen LogP contribution in [0.4, 0.5) is 0 Å². The van der Waals surface area contributed by atoms with Crippen LogP contribution in [0.15, 0.2) is 12.5 Å². The lowest BCUT2D eigenvalue weighted by molar-refractivity contribution is -0.143. The third-order valence-electron chi connectivity index (χ3n) is 2.50. The first-order valence-electron chi connectivity index (χ1n) is 6.12. The Morgan fingerprint density at radius 1 is 1.47 bits per heavy atom. The molecule has 0 aromatic carbocycles. The highest BCUT2D eigenvalue weighted by atomic mass is 16.5. The number of unbranched alkanes of at least 4 members (excludes halogenated alkanes) is 2. The fourth-order valence-electron chi connectivity index (χ4n) is 1.61. The number of aryl methyl sites for hydroxylation is 1.